The Morgan fingerprint density at radius 2 is 1.83 bits per heavy atom. The van der Waals surface area contributed by atoms with Crippen LogP contribution in [-0.2, 0) is 23.1 Å². The van der Waals surface area contributed by atoms with Gasteiger partial charge in [0.05, 0.1) is 5.56 Å². The van der Waals surface area contributed by atoms with E-state index in [0.29, 0.717) is 16.5 Å². The molecule has 0 saturated heterocycles. The molecule has 1 aliphatic carbocycles. The molecule has 0 saturated carbocycles. The second kappa shape index (κ2) is 8.40. The van der Waals surface area contributed by atoms with Crippen LogP contribution in [0, 0.1) is 22.7 Å². The van der Waals surface area contributed by atoms with Gasteiger partial charge in [0.1, 0.15) is 11.1 Å². The first-order chi connectivity index (χ1) is 14.0. The summed E-state index contributed by atoms with van der Waals surface area (Å²) in [5, 5.41) is 13.3. The smallest absolute Gasteiger partial charge is 0.249 e. The van der Waals surface area contributed by atoms with Crippen LogP contribution in [0.15, 0.2) is 30.3 Å². The molecule has 1 heterocycles. The Balaban J connectivity index is 1.72. The minimum atomic E-state index is -0.197. The summed E-state index contributed by atoms with van der Waals surface area (Å²) in [7, 11) is 0. The molecule has 0 bridgehead atoms. The highest BCUT2D eigenvalue weighted by atomic mass is 32.1. The second-order valence-electron chi connectivity index (χ2n) is 10.3. The summed E-state index contributed by atoms with van der Waals surface area (Å²) in [6, 6.07) is 10.6. The highest BCUT2D eigenvalue weighted by Crippen LogP contribution is 2.44. The molecule has 0 fully saturated rings. The van der Waals surface area contributed by atoms with E-state index in [1.807, 2.05) is 18.2 Å². The van der Waals surface area contributed by atoms with Crippen LogP contribution in [0.25, 0.3) is 6.08 Å². The van der Waals surface area contributed by atoms with Crippen LogP contribution < -0.4 is 5.32 Å². The number of fused-ring (bicyclic) bond motifs is 1. The molecule has 1 N–H and O–H groups in total. The van der Waals surface area contributed by atoms with Gasteiger partial charge in [-0.3, -0.25) is 4.79 Å². The molecule has 3 rings (SSSR count). The van der Waals surface area contributed by atoms with Gasteiger partial charge in [0, 0.05) is 11.0 Å². The molecule has 1 aromatic heterocycles. The zero-order valence-corrected chi connectivity index (χ0v) is 19.7. The van der Waals surface area contributed by atoms with Crippen molar-refractivity contribution in [3.05, 3.63) is 57.5 Å². The number of hydrogen-bond donors (Lipinski definition) is 1. The first-order valence-electron chi connectivity index (χ1n) is 10.6. The van der Waals surface area contributed by atoms with Gasteiger partial charge in [-0.05, 0) is 58.8 Å². The normalized spacial score (nSPS) is 16.9. The minimum absolute atomic E-state index is 0.109. The van der Waals surface area contributed by atoms with Crippen molar-refractivity contribution >= 4 is 28.3 Å². The molecule has 4 heteroatoms. The molecule has 1 unspecified atom stereocenters. The van der Waals surface area contributed by atoms with Crippen LogP contribution in [0.2, 0.25) is 0 Å². The van der Waals surface area contributed by atoms with Gasteiger partial charge in [-0.25, -0.2) is 0 Å². The Kier molecular flexibility index (Phi) is 6.24. The van der Waals surface area contributed by atoms with E-state index < -0.39 is 0 Å². The minimum Gasteiger partial charge on any atom is -0.313 e. The highest BCUT2D eigenvalue weighted by molar-refractivity contribution is 7.16. The maximum absolute atomic E-state index is 12.5. The lowest BCUT2D eigenvalue weighted by molar-refractivity contribution is -0.111. The molecule has 0 aliphatic heterocycles. The number of nitrogens with one attached hydrogen (secondary N) is 1. The van der Waals surface area contributed by atoms with Gasteiger partial charge in [-0.1, -0.05) is 65.8 Å². The van der Waals surface area contributed by atoms with Gasteiger partial charge in [-0.15, -0.1) is 11.3 Å². The topological polar surface area (TPSA) is 52.9 Å². The van der Waals surface area contributed by atoms with Crippen molar-refractivity contribution in [1.29, 1.82) is 5.26 Å². The molecular formula is C26H32N2OS. The monoisotopic (exact) mass is 420 g/mol. The van der Waals surface area contributed by atoms with E-state index in [9.17, 15) is 10.1 Å². The summed E-state index contributed by atoms with van der Waals surface area (Å²) in [6.45, 7) is 13.4. The van der Waals surface area contributed by atoms with Crippen molar-refractivity contribution in [1.82, 2.24) is 0 Å². The number of rotatable bonds is 3. The summed E-state index contributed by atoms with van der Waals surface area (Å²) in [4.78, 5) is 13.8. The van der Waals surface area contributed by atoms with Crippen LogP contribution in [0.3, 0.4) is 0 Å². The summed E-state index contributed by atoms with van der Waals surface area (Å²) in [5.74, 6) is 0.409. The summed E-state index contributed by atoms with van der Waals surface area (Å²) in [6.07, 6.45) is 6.37. The van der Waals surface area contributed by atoms with Crippen molar-refractivity contribution in [3.8, 4) is 6.07 Å². The Morgan fingerprint density at radius 1 is 1.17 bits per heavy atom. The van der Waals surface area contributed by atoms with Gasteiger partial charge >= 0.3 is 0 Å². The molecule has 2 aromatic rings. The van der Waals surface area contributed by atoms with E-state index in [1.54, 1.807) is 17.4 Å². The van der Waals surface area contributed by atoms with Gasteiger partial charge in [0.15, 0.2) is 0 Å². The maximum atomic E-state index is 12.5. The van der Waals surface area contributed by atoms with Crippen LogP contribution >= 0.6 is 11.3 Å². The fourth-order valence-electron chi connectivity index (χ4n) is 3.95. The number of amides is 1. The predicted molar refractivity (Wildman–Crippen MR) is 127 cm³/mol. The molecule has 1 atom stereocenters. The van der Waals surface area contributed by atoms with Crippen LogP contribution in [0.4, 0.5) is 5.00 Å². The van der Waals surface area contributed by atoms with Gasteiger partial charge < -0.3 is 5.32 Å². The number of anilines is 1. The van der Waals surface area contributed by atoms with E-state index in [-0.39, 0.29) is 16.7 Å². The third-order valence-corrected chi connectivity index (χ3v) is 7.21. The van der Waals surface area contributed by atoms with E-state index >= 15 is 0 Å². The third kappa shape index (κ3) is 5.02. The molecule has 30 heavy (non-hydrogen) atoms. The Morgan fingerprint density at radius 3 is 2.40 bits per heavy atom. The number of carbonyl (C=O) groups is 1. The number of hydrogen-bond acceptors (Lipinski definition) is 3. The first kappa shape index (κ1) is 22.3. The van der Waals surface area contributed by atoms with Gasteiger partial charge in [0.2, 0.25) is 5.91 Å². The molecule has 1 aliphatic rings. The van der Waals surface area contributed by atoms with Crippen LogP contribution in [0.5, 0.6) is 0 Å². The lowest BCUT2D eigenvalue weighted by Gasteiger charge is -2.33. The molecule has 0 spiro atoms. The number of benzene rings is 1. The number of carbonyl (C=O) groups excluding carboxylic acids is 1. The van der Waals surface area contributed by atoms with E-state index in [0.717, 1.165) is 30.4 Å². The van der Waals surface area contributed by atoms with Crippen LogP contribution in [0.1, 0.15) is 75.1 Å². The zero-order valence-electron chi connectivity index (χ0n) is 18.9. The predicted octanol–water partition coefficient (Wildman–Crippen LogP) is 6.72. The Bertz CT molecular complexity index is 992. The lowest BCUT2D eigenvalue weighted by Crippen LogP contribution is -2.26. The van der Waals surface area contributed by atoms with E-state index in [1.165, 1.54) is 10.4 Å². The fraction of sp³-hybridized carbons (Fsp3) is 0.462. The van der Waals surface area contributed by atoms with Crippen LogP contribution in [-0.4, -0.2) is 5.91 Å². The van der Waals surface area contributed by atoms with E-state index in [2.05, 4.69) is 65.1 Å². The van der Waals surface area contributed by atoms with E-state index in [4.69, 9.17) is 0 Å². The summed E-state index contributed by atoms with van der Waals surface area (Å²) in [5.41, 5.74) is 4.40. The first-order valence-corrected chi connectivity index (χ1v) is 11.4. The summed E-state index contributed by atoms with van der Waals surface area (Å²) < 4.78 is 0. The fourth-order valence-corrected chi connectivity index (χ4v) is 5.23. The molecule has 158 valence electrons. The van der Waals surface area contributed by atoms with Gasteiger partial charge in [-0.2, -0.15) is 5.26 Å². The highest BCUT2D eigenvalue weighted by Gasteiger charge is 2.32. The van der Waals surface area contributed by atoms with Crippen molar-refractivity contribution in [3.63, 3.8) is 0 Å². The Hall–Kier alpha value is -2.38. The third-order valence-electron chi connectivity index (χ3n) is 6.04. The average molecular weight is 421 g/mol. The molecule has 1 amide bonds. The number of nitrogens with zero attached hydrogens (tertiary/aromatic N) is 1. The Labute approximate surface area is 184 Å². The standard InChI is InChI=1S/C26H32N2OS/c1-25(2,3)18-10-7-17(8-11-18)9-14-23(29)28-24-21(16-27)20-13-12-19(26(4,5)6)15-22(20)30-24/h7-11,14,19H,12-13,15H2,1-6H3,(H,28,29). The average Bonchev–Trinajstić information content (AvgIpc) is 3.01. The van der Waals surface area contributed by atoms with Gasteiger partial charge in [0.25, 0.3) is 0 Å². The molecule has 1 aromatic carbocycles. The zero-order chi connectivity index (χ0) is 22.1. The summed E-state index contributed by atoms with van der Waals surface area (Å²) >= 11 is 1.57. The number of nitriles is 1. The van der Waals surface area contributed by atoms with Crippen molar-refractivity contribution in [2.75, 3.05) is 5.32 Å². The largest absolute Gasteiger partial charge is 0.313 e. The van der Waals surface area contributed by atoms with Crippen molar-refractivity contribution in [2.24, 2.45) is 11.3 Å². The number of thiophene rings is 1. The molecule has 0 radical (unpaired) electrons. The SMILES string of the molecule is CC(C)(C)c1ccc(C=CC(=O)Nc2sc3c(c2C#N)CCC(C(C)(C)C)C3)cc1. The second-order valence-corrected chi connectivity index (χ2v) is 11.4. The van der Waals surface area contributed by atoms with Crippen molar-refractivity contribution in [2.45, 2.75) is 66.2 Å². The molecule has 3 nitrogen and oxygen atoms in total. The lowest BCUT2D eigenvalue weighted by atomic mass is 9.72. The maximum Gasteiger partial charge on any atom is 0.249 e. The molecular weight excluding hydrogens is 388 g/mol. The van der Waals surface area contributed by atoms with Crippen molar-refractivity contribution < 1.29 is 4.79 Å². The quantitative estimate of drug-likeness (QED) is 0.560.